The molecule has 8 aromatic rings. The number of para-hydroxylation sites is 2. The van der Waals surface area contributed by atoms with Gasteiger partial charge in [0.05, 0.1) is 16.6 Å². The third kappa shape index (κ3) is 3.42. The average molecular weight is 570 g/mol. The molecule has 0 saturated heterocycles. The second-order valence-electron chi connectivity index (χ2n) is 11.0. The highest BCUT2D eigenvalue weighted by Crippen LogP contribution is 2.55. The molecule has 0 N–H and O–H groups in total. The number of hydrogen-bond acceptors (Lipinski definition) is 3. The lowest BCUT2D eigenvalue weighted by atomic mass is 10.0. The van der Waals surface area contributed by atoms with Gasteiger partial charge in [-0.25, -0.2) is 9.97 Å². The van der Waals surface area contributed by atoms with Gasteiger partial charge in [-0.3, -0.25) is 0 Å². The van der Waals surface area contributed by atoms with E-state index in [0.29, 0.717) is 5.82 Å². The second kappa shape index (κ2) is 9.09. The lowest BCUT2D eigenvalue weighted by Crippen LogP contribution is -2.21. The van der Waals surface area contributed by atoms with Gasteiger partial charge in [0.15, 0.2) is 13.0 Å². The Balaban J connectivity index is 1.29. The lowest BCUT2D eigenvalue weighted by Gasteiger charge is -2.17. The molecule has 2 aromatic heterocycles. The summed E-state index contributed by atoms with van der Waals surface area (Å²) in [6.07, 6.45) is 1.88. The van der Waals surface area contributed by atoms with Gasteiger partial charge in [0, 0.05) is 49.5 Å². The van der Waals surface area contributed by atoms with Crippen molar-refractivity contribution in [3.63, 3.8) is 0 Å². The Hall–Kier alpha value is -5.31. The van der Waals surface area contributed by atoms with Crippen LogP contribution in [0.25, 0.3) is 60.9 Å². The van der Waals surface area contributed by atoms with Gasteiger partial charge in [0.2, 0.25) is 0 Å². The Bertz CT molecular complexity index is 2430. The Morgan fingerprint density at radius 1 is 0.605 bits per heavy atom. The molecular weight excluding hydrogens is 545 g/mol. The Morgan fingerprint density at radius 2 is 1.35 bits per heavy atom. The quantitative estimate of drug-likeness (QED) is 0.203. The summed E-state index contributed by atoms with van der Waals surface area (Å²) in [5, 5.41) is 5.90. The second-order valence-corrected chi connectivity index (χ2v) is 13.6. The summed E-state index contributed by atoms with van der Waals surface area (Å²) in [7, 11) is -3.13. The molecule has 1 unspecified atom stereocenters. The van der Waals surface area contributed by atoms with Crippen molar-refractivity contribution in [3.8, 4) is 28.2 Å². The number of nitrogens with zero attached hydrogens (tertiary/aromatic N) is 3. The molecule has 0 amide bonds. The molecule has 0 fully saturated rings. The first-order valence-corrected chi connectivity index (χ1v) is 16.1. The van der Waals surface area contributed by atoms with E-state index < -0.39 is 7.14 Å². The summed E-state index contributed by atoms with van der Waals surface area (Å²) in [6.45, 7) is 0. The first-order valence-electron chi connectivity index (χ1n) is 14.4. The van der Waals surface area contributed by atoms with E-state index in [4.69, 9.17) is 4.98 Å². The molecule has 1 atom stereocenters. The van der Waals surface area contributed by atoms with E-state index in [1.54, 1.807) is 0 Å². The highest BCUT2D eigenvalue weighted by Gasteiger charge is 2.42. The van der Waals surface area contributed by atoms with Gasteiger partial charge < -0.3 is 9.13 Å². The predicted molar refractivity (Wildman–Crippen MR) is 178 cm³/mol. The van der Waals surface area contributed by atoms with Crippen LogP contribution < -0.4 is 15.9 Å². The van der Waals surface area contributed by atoms with E-state index >= 15 is 4.57 Å². The van der Waals surface area contributed by atoms with Crippen molar-refractivity contribution in [2.45, 2.75) is 0 Å². The Kier molecular flexibility index (Phi) is 5.14. The highest BCUT2D eigenvalue weighted by atomic mass is 31.2. The number of rotatable bonds is 3. The fourth-order valence-corrected chi connectivity index (χ4v) is 10.0. The van der Waals surface area contributed by atoms with E-state index in [-0.39, 0.29) is 0 Å². The molecule has 0 saturated carbocycles. The van der Waals surface area contributed by atoms with E-state index in [9.17, 15) is 0 Å². The van der Waals surface area contributed by atoms with E-state index in [1.807, 2.05) is 79.0 Å². The van der Waals surface area contributed by atoms with Gasteiger partial charge in [-0.1, -0.05) is 97.1 Å². The predicted octanol–water partition coefficient (Wildman–Crippen LogP) is 8.01. The average Bonchev–Trinajstić information content (AvgIpc) is 3.55. The van der Waals surface area contributed by atoms with Crippen LogP contribution in [0.15, 0.2) is 146 Å². The van der Waals surface area contributed by atoms with Crippen molar-refractivity contribution < 1.29 is 4.57 Å². The van der Waals surface area contributed by atoms with Crippen LogP contribution in [0.2, 0.25) is 0 Å². The summed E-state index contributed by atoms with van der Waals surface area (Å²) >= 11 is 0. The first-order chi connectivity index (χ1) is 21.2. The molecule has 5 heteroatoms. The molecule has 4 nitrogen and oxygen atoms in total. The smallest absolute Gasteiger partial charge is 0.172 e. The largest absolute Gasteiger partial charge is 0.309 e. The highest BCUT2D eigenvalue weighted by molar-refractivity contribution is 7.86. The van der Waals surface area contributed by atoms with Gasteiger partial charge in [0.1, 0.15) is 0 Å². The van der Waals surface area contributed by atoms with Crippen LogP contribution in [0, 0.1) is 0 Å². The monoisotopic (exact) mass is 569 g/mol. The molecule has 0 radical (unpaired) electrons. The molecule has 0 aliphatic carbocycles. The number of benzene rings is 6. The van der Waals surface area contributed by atoms with Crippen molar-refractivity contribution >= 4 is 55.8 Å². The molecule has 202 valence electrons. The Labute approximate surface area is 248 Å². The molecule has 1 aliphatic heterocycles. The summed E-state index contributed by atoms with van der Waals surface area (Å²) in [5.74, 6) is 0.701. The fraction of sp³-hybridized carbons (Fsp3) is 0. The maximum atomic E-state index is 15.5. The first kappa shape index (κ1) is 24.3. The molecular formula is C38H24N3OP. The van der Waals surface area contributed by atoms with Gasteiger partial charge >= 0.3 is 0 Å². The van der Waals surface area contributed by atoms with Crippen LogP contribution in [0.1, 0.15) is 0 Å². The SMILES string of the molecule is O=P1(c2ccccc2)c2ccccc2-c2ccc3c(c21)c1ccccc1n3-c1ccc(-c2ncc3ccccc3n2)cc1. The lowest BCUT2D eigenvalue weighted by molar-refractivity contribution is 0.593. The zero-order chi connectivity index (χ0) is 28.5. The number of aromatic nitrogens is 3. The van der Waals surface area contributed by atoms with Gasteiger partial charge in [-0.05, 0) is 53.6 Å². The van der Waals surface area contributed by atoms with E-state index in [2.05, 4.69) is 76.3 Å². The molecule has 9 rings (SSSR count). The summed E-state index contributed by atoms with van der Waals surface area (Å²) < 4.78 is 17.8. The minimum atomic E-state index is -3.13. The number of fused-ring (bicyclic) bond motifs is 8. The van der Waals surface area contributed by atoms with Gasteiger partial charge in [-0.15, -0.1) is 0 Å². The van der Waals surface area contributed by atoms with Crippen LogP contribution in [-0.4, -0.2) is 14.5 Å². The van der Waals surface area contributed by atoms with Crippen molar-refractivity contribution in [2.75, 3.05) is 0 Å². The Morgan fingerprint density at radius 3 is 2.23 bits per heavy atom. The van der Waals surface area contributed by atoms with Gasteiger partial charge in [-0.2, -0.15) is 0 Å². The maximum Gasteiger partial charge on any atom is 0.172 e. The standard InChI is InChI=1S/C38H24N3OP/c42-43(28-11-2-1-3-12-28)35-17-9-6-13-29(35)30-22-23-34-36(37(30)43)31-14-5-8-16-33(31)41(34)27-20-18-25(19-21-27)38-39-24-26-10-4-7-15-32(26)40-38/h1-24H. The minimum absolute atomic E-state index is 0.701. The summed E-state index contributed by atoms with van der Waals surface area (Å²) in [6, 6.07) is 47.4. The van der Waals surface area contributed by atoms with Crippen LogP contribution in [-0.2, 0) is 4.57 Å². The van der Waals surface area contributed by atoms with Crippen LogP contribution in [0.5, 0.6) is 0 Å². The third-order valence-electron chi connectivity index (χ3n) is 8.65. The van der Waals surface area contributed by atoms with Crippen LogP contribution >= 0.6 is 7.14 Å². The van der Waals surface area contributed by atoms with Crippen molar-refractivity contribution in [1.82, 2.24) is 14.5 Å². The van der Waals surface area contributed by atoms with E-state index in [0.717, 1.165) is 71.0 Å². The fourth-order valence-electron chi connectivity index (χ4n) is 6.74. The molecule has 0 bridgehead atoms. The topological polar surface area (TPSA) is 47.8 Å². The van der Waals surface area contributed by atoms with Crippen molar-refractivity contribution in [3.05, 3.63) is 146 Å². The molecule has 1 aliphatic rings. The number of hydrogen-bond donors (Lipinski definition) is 0. The summed E-state index contributed by atoms with van der Waals surface area (Å²) in [4.78, 5) is 9.42. The maximum absolute atomic E-state index is 15.5. The van der Waals surface area contributed by atoms with E-state index in [1.165, 1.54) is 0 Å². The van der Waals surface area contributed by atoms with Crippen molar-refractivity contribution in [1.29, 1.82) is 0 Å². The van der Waals surface area contributed by atoms with Crippen molar-refractivity contribution in [2.24, 2.45) is 0 Å². The molecule has 6 aromatic carbocycles. The minimum Gasteiger partial charge on any atom is -0.309 e. The molecule has 3 heterocycles. The molecule has 43 heavy (non-hydrogen) atoms. The van der Waals surface area contributed by atoms with Crippen LogP contribution in [0.4, 0.5) is 0 Å². The van der Waals surface area contributed by atoms with Gasteiger partial charge in [0.25, 0.3) is 0 Å². The molecule has 0 spiro atoms. The zero-order valence-electron chi connectivity index (χ0n) is 23.1. The normalized spacial score (nSPS) is 15.6. The van der Waals surface area contributed by atoms with Crippen LogP contribution in [0.3, 0.4) is 0 Å². The zero-order valence-corrected chi connectivity index (χ0v) is 23.9. The summed E-state index contributed by atoms with van der Waals surface area (Å²) in [5.41, 5.74) is 7.15. The third-order valence-corrected chi connectivity index (χ3v) is 11.8.